The van der Waals surface area contributed by atoms with Crippen molar-refractivity contribution in [2.24, 2.45) is 0 Å². The highest BCUT2D eigenvalue weighted by atomic mass is 16.3. The fourth-order valence-corrected chi connectivity index (χ4v) is 10.6. The Morgan fingerprint density at radius 1 is 0.355 bits per heavy atom. The standard InChI is InChI=1S/C58H44N2O2/c1-57(2)49-21-13-11-19-43(49)47-35-41(27-29-51(47)57)59(38-15-7-5-8-16-38)40-25-23-37(24-26-40)53-45-31-33-62-56(45)54(46-32-34-61-55(46)53)60(39-17-9-6-10-18-39)42-28-30-52-48(36-42)44-20-12-14-22-50(44)58(52,3)4/h5-36H,1-4H3. The van der Waals surface area contributed by atoms with Crippen molar-refractivity contribution in [2.75, 3.05) is 9.80 Å². The van der Waals surface area contributed by atoms with E-state index >= 15 is 0 Å². The molecule has 298 valence electrons. The predicted molar refractivity (Wildman–Crippen MR) is 256 cm³/mol. The first-order chi connectivity index (χ1) is 30.3. The normalized spacial score (nSPS) is 14.1. The summed E-state index contributed by atoms with van der Waals surface area (Å²) in [6, 6.07) is 65.8. The van der Waals surface area contributed by atoms with E-state index in [1.807, 2.05) is 0 Å². The highest BCUT2D eigenvalue weighted by molar-refractivity contribution is 6.19. The van der Waals surface area contributed by atoms with Gasteiger partial charge in [0, 0.05) is 55.6 Å². The number of hydrogen-bond acceptors (Lipinski definition) is 4. The third-order valence-corrected chi connectivity index (χ3v) is 13.6. The van der Waals surface area contributed by atoms with E-state index in [9.17, 15) is 0 Å². The Kier molecular flexibility index (Phi) is 7.89. The van der Waals surface area contributed by atoms with Crippen molar-refractivity contribution in [3.05, 3.63) is 217 Å². The minimum Gasteiger partial charge on any atom is -0.464 e. The Balaban J connectivity index is 0.996. The molecule has 0 saturated carbocycles. The Hall–Kier alpha value is -7.56. The first-order valence-electron chi connectivity index (χ1n) is 21.5. The lowest BCUT2D eigenvalue weighted by Gasteiger charge is -2.28. The molecule has 0 spiro atoms. The lowest BCUT2D eigenvalue weighted by Crippen LogP contribution is -2.15. The molecular weight excluding hydrogens is 757 g/mol. The number of hydrogen-bond donors (Lipinski definition) is 0. The lowest BCUT2D eigenvalue weighted by molar-refractivity contribution is 0.613. The Bertz CT molecular complexity index is 3300. The van der Waals surface area contributed by atoms with Gasteiger partial charge in [-0.2, -0.15) is 0 Å². The maximum atomic E-state index is 6.56. The molecule has 0 N–H and O–H groups in total. The fraction of sp³-hybridized carbons (Fsp3) is 0.103. The van der Waals surface area contributed by atoms with Crippen molar-refractivity contribution in [2.45, 2.75) is 38.5 Å². The van der Waals surface area contributed by atoms with Crippen LogP contribution in [0.1, 0.15) is 49.9 Å². The molecule has 0 bridgehead atoms. The minimum atomic E-state index is -0.0893. The van der Waals surface area contributed by atoms with Crippen LogP contribution in [-0.2, 0) is 10.8 Å². The van der Waals surface area contributed by atoms with Crippen molar-refractivity contribution in [1.29, 1.82) is 0 Å². The van der Waals surface area contributed by atoms with Crippen molar-refractivity contribution in [1.82, 2.24) is 0 Å². The van der Waals surface area contributed by atoms with E-state index < -0.39 is 0 Å². The quantitative estimate of drug-likeness (QED) is 0.161. The first-order valence-corrected chi connectivity index (χ1v) is 21.5. The van der Waals surface area contributed by atoms with E-state index in [2.05, 4.69) is 219 Å². The van der Waals surface area contributed by atoms with Crippen LogP contribution in [0.2, 0.25) is 0 Å². The van der Waals surface area contributed by atoms with Crippen molar-refractivity contribution < 1.29 is 8.83 Å². The Labute approximate surface area is 361 Å². The summed E-state index contributed by atoms with van der Waals surface area (Å²) in [4.78, 5) is 4.68. The summed E-state index contributed by atoms with van der Waals surface area (Å²) in [6.07, 6.45) is 3.61. The molecule has 2 aliphatic rings. The monoisotopic (exact) mass is 800 g/mol. The van der Waals surface area contributed by atoms with Gasteiger partial charge in [-0.15, -0.1) is 0 Å². The highest BCUT2D eigenvalue weighted by Gasteiger charge is 2.37. The molecule has 8 aromatic carbocycles. The van der Waals surface area contributed by atoms with Gasteiger partial charge in [0.05, 0.1) is 12.5 Å². The number of benzene rings is 8. The summed E-state index contributed by atoms with van der Waals surface area (Å²) >= 11 is 0. The van der Waals surface area contributed by atoms with Gasteiger partial charge in [-0.05, 0) is 123 Å². The lowest BCUT2D eigenvalue weighted by atomic mass is 9.82. The van der Waals surface area contributed by atoms with Crippen molar-refractivity contribution in [3.63, 3.8) is 0 Å². The molecule has 0 saturated heterocycles. The third-order valence-electron chi connectivity index (χ3n) is 13.6. The third kappa shape index (κ3) is 5.26. The molecular formula is C58H44N2O2. The molecule has 2 aliphatic carbocycles. The van der Waals surface area contributed by atoms with Crippen LogP contribution in [0.4, 0.5) is 34.1 Å². The summed E-state index contributed by atoms with van der Waals surface area (Å²) in [6.45, 7) is 9.31. The van der Waals surface area contributed by atoms with E-state index in [0.29, 0.717) is 0 Å². The SMILES string of the molecule is CC1(C)c2ccccc2-c2cc(N(c3ccccc3)c3ccc(-c4c5ccoc5c(N(c5ccccc5)c5ccc6c(c5)-c5ccccc5C6(C)C)c5ccoc45)cc3)ccc21. The second kappa shape index (κ2) is 13.5. The van der Waals surface area contributed by atoms with Gasteiger partial charge in [-0.3, -0.25) is 0 Å². The molecule has 0 unspecified atom stereocenters. The number of rotatable bonds is 7. The maximum absolute atomic E-state index is 6.56. The summed E-state index contributed by atoms with van der Waals surface area (Å²) in [5, 5.41) is 1.97. The van der Waals surface area contributed by atoms with E-state index in [0.717, 1.165) is 67.2 Å². The van der Waals surface area contributed by atoms with Gasteiger partial charge in [0.15, 0.2) is 5.58 Å². The topological polar surface area (TPSA) is 32.8 Å². The van der Waals surface area contributed by atoms with Crippen LogP contribution in [0.25, 0.3) is 55.3 Å². The van der Waals surface area contributed by atoms with Crippen LogP contribution < -0.4 is 9.80 Å². The molecule has 62 heavy (non-hydrogen) atoms. The molecule has 0 fully saturated rings. The number of anilines is 6. The molecule has 0 atom stereocenters. The molecule has 4 nitrogen and oxygen atoms in total. The Morgan fingerprint density at radius 2 is 0.790 bits per heavy atom. The molecule has 12 rings (SSSR count). The number of nitrogens with zero attached hydrogens (tertiary/aromatic N) is 2. The van der Waals surface area contributed by atoms with E-state index in [-0.39, 0.29) is 10.8 Å². The second-order valence-corrected chi connectivity index (χ2v) is 17.7. The Morgan fingerprint density at radius 3 is 1.37 bits per heavy atom. The average molecular weight is 801 g/mol. The zero-order valence-electron chi connectivity index (χ0n) is 35.2. The van der Waals surface area contributed by atoms with Crippen molar-refractivity contribution in [3.8, 4) is 33.4 Å². The van der Waals surface area contributed by atoms with Gasteiger partial charge in [0.1, 0.15) is 11.3 Å². The number of para-hydroxylation sites is 2. The molecule has 10 aromatic rings. The van der Waals surface area contributed by atoms with Crippen LogP contribution in [-0.4, -0.2) is 0 Å². The molecule has 0 radical (unpaired) electrons. The minimum absolute atomic E-state index is 0.0580. The van der Waals surface area contributed by atoms with E-state index in [4.69, 9.17) is 8.83 Å². The van der Waals surface area contributed by atoms with Gasteiger partial charge >= 0.3 is 0 Å². The largest absolute Gasteiger partial charge is 0.464 e. The zero-order valence-corrected chi connectivity index (χ0v) is 35.2. The van der Waals surface area contributed by atoms with Gasteiger partial charge in [-0.25, -0.2) is 0 Å². The molecule has 0 aliphatic heterocycles. The number of fused-ring (bicyclic) bond motifs is 8. The van der Waals surface area contributed by atoms with Crippen LogP contribution in [0.5, 0.6) is 0 Å². The molecule has 4 heteroatoms. The van der Waals surface area contributed by atoms with Crippen LogP contribution in [0.15, 0.2) is 203 Å². The fourth-order valence-electron chi connectivity index (χ4n) is 10.6. The summed E-state index contributed by atoms with van der Waals surface area (Å²) in [7, 11) is 0. The average Bonchev–Trinajstić information content (AvgIpc) is 4.09. The van der Waals surface area contributed by atoms with E-state index in [1.165, 1.54) is 44.5 Å². The van der Waals surface area contributed by atoms with Crippen LogP contribution >= 0.6 is 0 Å². The number of furan rings is 2. The van der Waals surface area contributed by atoms with Gasteiger partial charge in [-0.1, -0.05) is 137 Å². The second-order valence-electron chi connectivity index (χ2n) is 17.7. The zero-order chi connectivity index (χ0) is 41.7. The van der Waals surface area contributed by atoms with Crippen molar-refractivity contribution >= 4 is 56.1 Å². The van der Waals surface area contributed by atoms with E-state index in [1.54, 1.807) is 12.5 Å². The smallest absolute Gasteiger partial charge is 0.159 e. The van der Waals surface area contributed by atoms with Crippen LogP contribution in [0, 0.1) is 0 Å². The molecule has 0 amide bonds. The van der Waals surface area contributed by atoms with Gasteiger partial charge in [0.2, 0.25) is 0 Å². The highest BCUT2D eigenvalue weighted by Crippen LogP contribution is 2.54. The maximum Gasteiger partial charge on any atom is 0.159 e. The molecule has 2 heterocycles. The van der Waals surface area contributed by atoms with Gasteiger partial charge in [0.25, 0.3) is 0 Å². The summed E-state index contributed by atoms with van der Waals surface area (Å²) in [5.41, 5.74) is 20.4. The van der Waals surface area contributed by atoms with Crippen LogP contribution in [0.3, 0.4) is 0 Å². The van der Waals surface area contributed by atoms with Gasteiger partial charge < -0.3 is 18.6 Å². The molecule has 2 aromatic heterocycles. The first kappa shape index (κ1) is 36.3. The predicted octanol–water partition coefficient (Wildman–Crippen LogP) is 16.4. The summed E-state index contributed by atoms with van der Waals surface area (Å²) in [5.74, 6) is 0. The summed E-state index contributed by atoms with van der Waals surface area (Å²) < 4.78 is 13.1.